The molecule has 0 aliphatic carbocycles. The zero-order valence-electron chi connectivity index (χ0n) is 15.9. The van der Waals surface area contributed by atoms with E-state index in [0.717, 1.165) is 30.0 Å². The third-order valence-corrected chi connectivity index (χ3v) is 5.92. The zero-order valence-corrected chi connectivity index (χ0v) is 15.9. The predicted octanol–water partition coefficient (Wildman–Crippen LogP) is 4.62. The van der Waals surface area contributed by atoms with Gasteiger partial charge in [0, 0.05) is 24.0 Å². The molecule has 1 aliphatic rings. The normalized spacial score (nSPS) is 12.8. The van der Waals surface area contributed by atoms with Crippen molar-refractivity contribution < 1.29 is 0 Å². The number of nitrogens with zero attached hydrogens (tertiary/aromatic N) is 3. The molecular formula is C25H19N3O. The SMILES string of the molecule is O=c1c2ccccc2nc2n1CCc1c-2n(Cc2ccccc2)c2ccccc12. The van der Waals surface area contributed by atoms with Gasteiger partial charge < -0.3 is 4.57 Å². The Morgan fingerprint density at radius 3 is 2.41 bits per heavy atom. The van der Waals surface area contributed by atoms with Crippen LogP contribution < -0.4 is 5.56 Å². The second-order valence-electron chi connectivity index (χ2n) is 7.58. The number of hydrogen-bond acceptors (Lipinski definition) is 2. The fourth-order valence-corrected chi connectivity index (χ4v) is 4.59. The number of aryl methyl sites for hydroxylation is 1. The van der Waals surface area contributed by atoms with Crippen LogP contribution in [0.4, 0.5) is 0 Å². The molecule has 2 aromatic heterocycles. The van der Waals surface area contributed by atoms with Crippen molar-refractivity contribution in [2.45, 2.75) is 19.5 Å². The summed E-state index contributed by atoms with van der Waals surface area (Å²) in [5.41, 5.74) is 5.59. The molecule has 0 atom stereocenters. The Balaban J connectivity index is 1.70. The van der Waals surface area contributed by atoms with E-state index < -0.39 is 0 Å². The molecule has 4 nitrogen and oxygen atoms in total. The van der Waals surface area contributed by atoms with Crippen molar-refractivity contribution in [3.8, 4) is 11.5 Å². The number of aromatic nitrogens is 3. The van der Waals surface area contributed by atoms with Crippen molar-refractivity contribution in [1.82, 2.24) is 14.1 Å². The maximum absolute atomic E-state index is 13.2. The zero-order chi connectivity index (χ0) is 19.4. The van der Waals surface area contributed by atoms with E-state index in [1.54, 1.807) is 0 Å². The summed E-state index contributed by atoms with van der Waals surface area (Å²) in [5.74, 6) is 0.780. The van der Waals surface area contributed by atoms with E-state index in [0.29, 0.717) is 11.9 Å². The van der Waals surface area contributed by atoms with E-state index in [9.17, 15) is 4.79 Å². The standard InChI is InChI=1S/C25H19N3O/c29-25-20-11-4-6-12-21(20)26-24-23-19(14-15-27(24)25)18-10-5-7-13-22(18)28(23)16-17-8-2-1-3-9-17/h1-13H,14-16H2. The van der Waals surface area contributed by atoms with Gasteiger partial charge in [0.2, 0.25) is 0 Å². The minimum Gasteiger partial charge on any atom is -0.333 e. The molecule has 0 saturated carbocycles. The first kappa shape index (κ1) is 16.3. The first-order chi connectivity index (χ1) is 14.3. The highest BCUT2D eigenvalue weighted by Crippen LogP contribution is 2.37. The Bertz CT molecular complexity index is 1440. The third kappa shape index (κ3) is 2.39. The first-order valence-electron chi connectivity index (χ1n) is 9.95. The molecule has 5 aromatic rings. The van der Waals surface area contributed by atoms with Gasteiger partial charge in [0.25, 0.3) is 5.56 Å². The summed E-state index contributed by atoms with van der Waals surface area (Å²) in [6.45, 7) is 1.41. The molecule has 0 unspecified atom stereocenters. The Morgan fingerprint density at radius 1 is 0.828 bits per heavy atom. The molecule has 6 rings (SSSR count). The summed E-state index contributed by atoms with van der Waals surface area (Å²) in [6, 6.07) is 26.6. The average Bonchev–Trinajstić information content (AvgIpc) is 3.09. The van der Waals surface area contributed by atoms with Crippen LogP contribution in [0.3, 0.4) is 0 Å². The summed E-state index contributed by atoms with van der Waals surface area (Å²) < 4.78 is 4.18. The van der Waals surface area contributed by atoms with Crippen LogP contribution in [0.15, 0.2) is 83.7 Å². The Hall–Kier alpha value is -3.66. The molecule has 0 radical (unpaired) electrons. The second-order valence-corrected chi connectivity index (χ2v) is 7.58. The van der Waals surface area contributed by atoms with Crippen molar-refractivity contribution in [1.29, 1.82) is 0 Å². The first-order valence-corrected chi connectivity index (χ1v) is 9.95. The largest absolute Gasteiger partial charge is 0.333 e. The van der Waals surface area contributed by atoms with Crippen LogP contribution >= 0.6 is 0 Å². The number of hydrogen-bond donors (Lipinski definition) is 0. The second kappa shape index (κ2) is 6.17. The molecule has 0 spiro atoms. The number of benzene rings is 3. The highest BCUT2D eigenvalue weighted by molar-refractivity contribution is 5.92. The van der Waals surface area contributed by atoms with Crippen LogP contribution in [0.25, 0.3) is 33.3 Å². The molecule has 3 aromatic carbocycles. The van der Waals surface area contributed by atoms with E-state index in [1.165, 1.54) is 22.0 Å². The highest BCUT2D eigenvalue weighted by Gasteiger charge is 2.27. The van der Waals surface area contributed by atoms with E-state index in [2.05, 4.69) is 53.1 Å². The molecule has 0 bridgehead atoms. The molecule has 140 valence electrons. The minimum absolute atomic E-state index is 0.0489. The Kier molecular flexibility index (Phi) is 3.47. The monoisotopic (exact) mass is 377 g/mol. The molecule has 0 N–H and O–H groups in total. The lowest BCUT2D eigenvalue weighted by Crippen LogP contribution is -2.28. The van der Waals surface area contributed by atoms with Crippen molar-refractivity contribution in [3.05, 3.63) is 100 Å². The van der Waals surface area contributed by atoms with Gasteiger partial charge in [-0.2, -0.15) is 0 Å². The van der Waals surface area contributed by atoms with Crippen molar-refractivity contribution in [2.24, 2.45) is 0 Å². The topological polar surface area (TPSA) is 39.8 Å². The van der Waals surface area contributed by atoms with E-state index in [4.69, 9.17) is 4.98 Å². The lowest BCUT2D eigenvalue weighted by molar-refractivity contribution is 0.642. The van der Waals surface area contributed by atoms with Gasteiger partial charge in [0.05, 0.1) is 16.6 Å². The van der Waals surface area contributed by atoms with Gasteiger partial charge in [-0.05, 0) is 35.7 Å². The fraction of sp³-hybridized carbons (Fsp3) is 0.120. The van der Waals surface area contributed by atoms with Crippen molar-refractivity contribution >= 4 is 21.8 Å². The van der Waals surface area contributed by atoms with Crippen LogP contribution in [0.2, 0.25) is 0 Å². The summed E-state index contributed by atoms with van der Waals surface area (Å²) in [6.07, 6.45) is 0.838. The molecule has 29 heavy (non-hydrogen) atoms. The number of fused-ring (bicyclic) bond motifs is 6. The molecular weight excluding hydrogens is 358 g/mol. The molecule has 3 heterocycles. The summed E-state index contributed by atoms with van der Waals surface area (Å²) in [7, 11) is 0. The number of para-hydroxylation sites is 2. The van der Waals surface area contributed by atoms with Gasteiger partial charge in [-0.1, -0.05) is 60.7 Å². The molecule has 0 saturated heterocycles. The van der Waals surface area contributed by atoms with Crippen LogP contribution in [0, 0.1) is 0 Å². The van der Waals surface area contributed by atoms with Crippen LogP contribution in [-0.4, -0.2) is 14.1 Å². The lowest BCUT2D eigenvalue weighted by atomic mass is 10.0. The van der Waals surface area contributed by atoms with Crippen LogP contribution in [0.1, 0.15) is 11.1 Å². The van der Waals surface area contributed by atoms with Crippen LogP contribution in [0.5, 0.6) is 0 Å². The Morgan fingerprint density at radius 2 is 1.55 bits per heavy atom. The van der Waals surface area contributed by atoms with E-state index in [1.807, 2.05) is 34.9 Å². The van der Waals surface area contributed by atoms with Gasteiger partial charge in [-0.15, -0.1) is 0 Å². The summed E-state index contributed by atoms with van der Waals surface area (Å²) in [5, 5.41) is 1.94. The molecule has 4 heteroatoms. The van der Waals surface area contributed by atoms with Gasteiger partial charge in [-0.25, -0.2) is 4.98 Å². The summed E-state index contributed by atoms with van der Waals surface area (Å²) in [4.78, 5) is 18.1. The van der Waals surface area contributed by atoms with Gasteiger partial charge in [0.1, 0.15) is 0 Å². The maximum Gasteiger partial charge on any atom is 0.261 e. The molecule has 0 fully saturated rings. The highest BCUT2D eigenvalue weighted by atomic mass is 16.1. The van der Waals surface area contributed by atoms with E-state index in [-0.39, 0.29) is 5.56 Å². The maximum atomic E-state index is 13.2. The minimum atomic E-state index is 0.0489. The fourth-order valence-electron chi connectivity index (χ4n) is 4.59. The molecule has 1 aliphatic heterocycles. The third-order valence-electron chi connectivity index (χ3n) is 5.92. The molecule has 0 amide bonds. The summed E-state index contributed by atoms with van der Waals surface area (Å²) >= 11 is 0. The smallest absolute Gasteiger partial charge is 0.261 e. The quantitative estimate of drug-likeness (QED) is 0.450. The van der Waals surface area contributed by atoms with Gasteiger partial charge >= 0.3 is 0 Å². The Labute approximate surface area is 167 Å². The lowest BCUT2D eigenvalue weighted by Gasteiger charge is -2.21. The van der Waals surface area contributed by atoms with Crippen LogP contribution in [-0.2, 0) is 19.5 Å². The predicted molar refractivity (Wildman–Crippen MR) is 116 cm³/mol. The number of rotatable bonds is 2. The average molecular weight is 377 g/mol. The van der Waals surface area contributed by atoms with Gasteiger partial charge in [-0.3, -0.25) is 9.36 Å². The van der Waals surface area contributed by atoms with Gasteiger partial charge in [0.15, 0.2) is 5.82 Å². The van der Waals surface area contributed by atoms with Crippen molar-refractivity contribution in [2.75, 3.05) is 0 Å². The van der Waals surface area contributed by atoms with E-state index >= 15 is 0 Å². The van der Waals surface area contributed by atoms with Crippen molar-refractivity contribution in [3.63, 3.8) is 0 Å².